The van der Waals surface area contributed by atoms with Crippen LogP contribution in [-0.4, -0.2) is 30.0 Å². The molecule has 22 heavy (non-hydrogen) atoms. The zero-order chi connectivity index (χ0) is 15.6. The Kier molecular flexibility index (Phi) is 4.43. The van der Waals surface area contributed by atoms with E-state index in [1.807, 2.05) is 6.92 Å². The normalized spacial score (nSPS) is 18.7. The van der Waals surface area contributed by atoms with Gasteiger partial charge in [0, 0.05) is 11.9 Å². The number of benzene rings is 1. The molecule has 1 aliphatic heterocycles. The lowest BCUT2D eigenvalue weighted by molar-refractivity contribution is -0.161. The van der Waals surface area contributed by atoms with Gasteiger partial charge in [0.15, 0.2) is 5.79 Å². The molecule has 0 radical (unpaired) electrons. The number of aromatic nitrogens is 1. The summed E-state index contributed by atoms with van der Waals surface area (Å²) in [6.07, 6.45) is 0.997. The highest BCUT2D eigenvalue weighted by Gasteiger charge is 2.36. The van der Waals surface area contributed by atoms with E-state index in [0.29, 0.717) is 19.8 Å². The number of para-hydroxylation sites is 1. The third-order valence-electron chi connectivity index (χ3n) is 4.48. The summed E-state index contributed by atoms with van der Waals surface area (Å²) in [6, 6.07) is 10.7. The maximum Gasteiger partial charge on any atom is 0.180 e. The molecule has 1 saturated heterocycles. The molecule has 4 heteroatoms. The molecule has 1 atom stereocenters. The lowest BCUT2D eigenvalue weighted by Gasteiger charge is -2.30. The van der Waals surface area contributed by atoms with Crippen LogP contribution >= 0.6 is 0 Å². The van der Waals surface area contributed by atoms with Crippen molar-refractivity contribution >= 4 is 10.9 Å². The van der Waals surface area contributed by atoms with Crippen molar-refractivity contribution in [3.63, 3.8) is 0 Å². The van der Waals surface area contributed by atoms with Gasteiger partial charge in [-0.3, -0.25) is 4.98 Å². The molecule has 1 unspecified atom stereocenters. The highest BCUT2D eigenvalue weighted by atomic mass is 16.7. The maximum absolute atomic E-state index is 5.69. The highest BCUT2D eigenvalue weighted by Crippen LogP contribution is 2.23. The fourth-order valence-corrected chi connectivity index (χ4v) is 2.86. The SMILES string of the molecule is CCc1cccc2ccc(CNC(C)C3(C)OCCO3)nc12. The van der Waals surface area contributed by atoms with E-state index in [2.05, 4.69) is 49.5 Å². The van der Waals surface area contributed by atoms with Crippen molar-refractivity contribution in [3.05, 3.63) is 41.6 Å². The van der Waals surface area contributed by atoms with Crippen molar-refractivity contribution in [2.75, 3.05) is 13.2 Å². The predicted molar refractivity (Wildman–Crippen MR) is 87.7 cm³/mol. The van der Waals surface area contributed by atoms with Crippen LogP contribution in [0.25, 0.3) is 10.9 Å². The summed E-state index contributed by atoms with van der Waals surface area (Å²) in [5, 5.41) is 4.67. The van der Waals surface area contributed by atoms with E-state index < -0.39 is 5.79 Å². The van der Waals surface area contributed by atoms with Crippen molar-refractivity contribution in [2.24, 2.45) is 0 Å². The second-order valence-electron chi connectivity index (χ2n) is 5.96. The van der Waals surface area contributed by atoms with Crippen LogP contribution in [0.5, 0.6) is 0 Å². The summed E-state index contributed by atoms with van der Waals surface area (Å²) < 4.78 is 11.4. The molecule has 0 bridgehead atoms. The average Bonchev–Trinajstić information content (AvgIpc) is 2.99. The second-order valence-corrected chi connectivity index (χ2v) is 5.96. The quantitative estimate of drug-likeness (QED) is 0.922. The Morgan fingerprint density at radius 2 is 2.00 bits per heavy atom. The number of nitrogens with zero attached hydrogens (tertiary/aromatic N) is 1. The van der Waals surface area contributed by atoms with Crippen molar-refractivity contribution in [2.45, 2.75) is 45.6 Å². The summed E-state index contributed by atoms with van der Waals surface area (Å²) in [7, 11) is 0. The van der Waals surface area contributed by atoms with E-state index in [-0.39, 0.29) is 6.04 Å². The van der Waals surface area contributed by atoms with Crippen LogP contribution < -0.4 is 5.32 Å². The average molecular weight is 300 g/mol. The molecule has 1 aliphatic rings. The number of nitrogens with one attached hydrogen (secondary N) is 1. The minimum atomic E-state index is -0.536. The molecule has 118 valence electrons. The van der Waals surface area contributed by atoms with Gasteiger partial charge in [-0.1, -0.05) is 31.2 Å². The van der Waals surface area contributed by atoms with Crippen molar-refractivity contribution in [1.82, 2.24) is 10.3 Å². The van der Waals surface area contributed by atoms with Gasteiger partial charge in [-0.05, 0) is 31.9 Å². The van der Waals surface area contributed by atoms with Crippen LogP contribution in [0.1, 0.15) is 32.0 Å². The third kappa shape index (κ3) is 3.00. The molecule has 2 heterocycles. The van der Waals surface area contributed by atoms with Gasteiger partial charge in [0.2, 0.25) is 0 Å². The minimum Gasteiger partial charge on any atom is -0.346 e. The summed E-state index contributed by atoms with van der Waals surface area (Å²) in [4.78, 5) is 4.82. The van der Waals surface area contributed by atoms with Gasteiger partial charge in [-0.15, -0.1) is 0 Å². The zero-order valence-corrected chi connectivity index (χ0v) is 13.6. The number of hydrogen-bond donors (Lipinski definition) is 1. The Bertz CT molecular complexity index is 651. The first-order valence-corrected chi connectivity index (χ1v) is 8.01. The Balaban J connectivity index is 1.74. The molecule has 0 amide bonds. The smallest absolute Gasteiger partial charge is 0.180 e. The molecule has 0 saturated carbocycles. The topological polar surface area (TPSA) is 43.4 Å². The third-order valence-corrected chi connectivity index (χ3v) is 4.48. The van der Waals surface area contributed by atoms with Crippen LogP contribution in [0.3, 0.4) is 0 Å². The number of rotatable bonds is 5. The number of aryl methyl sites for hydroxylation is 1. The molecule has 1 aromatic heterocycles. The van der Waals surface area contributed by atoms with Crippen LogP contribution in [-0.2, 0) is 22.4 Å². The number of fused-ring (bicyclic) bond motifs is 1. The van der Waals surface area contributed by atoms with Gasteiger partial charge in [-0.25, -0.2) is 0 Å². The molecule has 3 rings (SSSR count). The number of pyridine rings is 1. The molecule has 0 aliphatic carbocycles. The van der Waals surface area contributed by atoms with E-state index in [0.717, 1.165) is 17.6 Å². The molecule has 2 aromatic rings. The van der Waals surface area contributed by atoms with E-state index in [4.69, 9.17) is 14.5 Å². The molecule has 4 nitrogen and oxygen atoms in total. The first kappa shape index (κ1) is 15.4. The maximum atomic E-state index is 5.69. The Hall–Kier alpha value is -1.49. The molecule has 1 N–H and O–H groups in total. The van der Waals surface area contributed by atoms with E-state index >= 15 is 0 Å². The highest BCUT2D eigenvalue weighted by molar-refractivity contribution is 5.81. The first-order valence-electron chi connectivity index (χ1n) is 8.01. The van der Waals surface area contributed by atoms with Crippen molar-refractivity contribution in [1.29, 1.82) is 0 Å². The predicted octanol–water partition coefficient (Wildman–Crippen LogP) is 3.04. The van der Waals surface area contributed by atoms with Crippen LogP contribution in [0.4, 0.5) is 0 Å². The van der Waals surface area contributed by atoms with Crippen LogP contribution in [0.2, 0.25) is 0 Å². The van der Waals surface area contributed by atoms with Crippen LogP contribution in [0.15, 0.2) is 30.3 Å². The van der Waals surface area contributed by atoms with Gasteiger partial charge in [0.05, 0.1) is 30.5 Å². The standard InChI is InChI=1S/C18H24N2O2/c1-4-14-6-5-7-15-8-9-16(20-17(14)15)12-19-13(2)18(3)21-10-11-22-18/h5-9,13,19H,4,10-12H2,1-3H3. The summed E-state index contributed by atoms with van der Waals surface area (Å²) in [5.41, 5.74) is 3.44. The van der Waals surface area contributed by atoms with Crippen molar-refractivity contribution < 1.29 is 9.47 Å². The van der Waals surface area contributed by atoms with E-state index in [9.17, 15) is 0 Å². The number of ether oxygens (including phenoxy) is 2. The molecular weight excluding hydrogens is 276 g/mol. The first-order chi connectivity index (χ1) is 10.6. The van der Waals surface area contributed by atoms with Gasteiger partial charge >= 0.3 is 0 Å². The summed E-state index contributed by atoms with van der Waals surface area (Å²) in [5.74, 6) is -0.536. The van der Waals surface area contributed by atoms with E-state index in [1.54, 1.807) is 0 Å². The molecular formula is C18H24N2O2. The Morgan fingerprint density at radius 3 is 2.73 bits per heavy atom. The largest absolute Gasteiger partial charge is 0.346 e. The fraction of sp³-hybridized carbons (Fsp3) is 0.500. The Labute approximate surface area is 131 Å². The van der Waals surface area contributed by atoms with Crippen molar-refractivity contribution in [3.8, 4) is 0 Å². The second kappa shape index (κ2) is 6.32. The van der Waals surface area contributed by atoms with Gasteiger partial charge < -0.3 is 14.8 Å². The summed E-state index contributed by atoms with van der Waals surface area (Å²) in [6.45, 7) is 8.27. The van der Waals surface area contributed by atoms with E-state index in [1.165, 1.54) is 10.9 Å². The molecule has 1 aromatic carbocycles. The van der Waals surface area contributed by atoms with Gasteiger partial charge in [0.25, 0.3) is 0 Å². The summed E-state index contributed by atoms with van der Waals surface area (Å²) >= 11 is 0. The Morgan fingerprint density at radius 1 is 1.23 bits per heavy atom. The lowest BCUT2D eigenvalue weighted by Crippen LogP contribution is -2.47. The zero-order valence-electron chi connectivity index (χ0n) is 13.6. The van der Waals surface area contributed by atoms with Crippen LogP contribution in [0, 0.1) is 0 Å². The van der Waals surface area contributed by atoms with Gasteiger partial charge in [0.1, 0.15) is 0 Å². The number of hydrogen-bond acceptors (Lipinski definition) is 4. The minimum absolute atomic E-state index is 0.105. The lowest BCUT2D eigenvalue weighted by atomic mass is 10.1. The fourth-order valence-electron chi connectivity index (χ4n) is 2.86. The van der Waals surface area contributed by atoms with Gasteiger partial charge in [-0.2, -0.15) is 0 Å². The monoisotopic (exact) mass is 300 g/mol. The molecule has 1 fully saturated rings. The molecule has 0 spiro atoms.